The van der Waals surface area contributed by atoms with Crippen molar-refractivity contribution >= 4 is 24.8 Å². The van der Waals surface area contributed by atoms with Gasteiger partial charge in [-0.25, -0.2) is 0 Å². The molecule has 0 bridgehead atoms. The highest BCUT2D eigenvalue weighted by atomic mass is 35.5. The fraction of sp³-hybridized carbons (Fsp3) is 0.455. The van der Waals surface area contributed by atoms with Gasteiger partial charge in [0, 0.05) is 25.7 Å². The normalized spacial score (nSPS) is 19.9. The van der Waals surface area contributed by atoms with E-state index in [1.807, 2.05) is 0 Å². The number of nitrogens with one attached hydrogen (secondary N) is 2. The van der Waals surface area contributed by atoms with Crippen molar-refractivity contribution in [3.8, 4) is 0 Å². The Morgan fingerprint density at radius 2 is 1.80 bits per heavy atom. The number of hydrogen-bond donors (Lipinski definition) is 2. The van der Waals surface area contributed by atoms with Crippen LogP contribution in [0.5, 0.6) is 0 Å². The van der Waals surface area contributed by atoms with Crippen molar-refractivity contribution in [1.29, 1.82) is 0 Å². The molecule has 15 heavy (non-hydrogen) atoms. The Morgan fingerprint density at radius 1 is 1.07 bits per heavy atom. The molecule has 0 spiro atoms. The van der Waals surface area contributed by atoms with Crippen molar-refractivity contribution in [3.05, 3.63) is 35.9 Å². The molecule has 2 rings (SSSR count). The third-order valence-electron chi connectivity index (χ3n) is 2.45. The van der Waals surface area contributed by atoms with Crippen LogP contribution in [0.25, 0.3) is 0 Å². The number of hydrogen-bond acceptors (Lipinski definition) is 2. The number of rotatable bonds is 2. The van der Waals surface area contributed by atoms with Gasteiger partial charge in [0.25, 0.3) is 0 Å². The summed E-state index contributed by atoms with van der Waals surface area (Å²) < 4.78 is 0. The highest BCUT2D eigenvalue weighted by Crippen LogP contribution is 2.03. The zero-order chi connectivity index (χ0) is 8.93. The van der Waals surface area contributed by atoms with Gasteiger partial charge < -0.3 is 10.6 Å². The van der Waals surface area contributed by atoms with E-state index >= 15 is 0 Å². The Hall–Kier alpha value is -0.280. The molecule has 0 aromatic heterocycles. The van der Waals surface area contributed by atoms with Crippen LogP contribution in [-0.2, 0) is 6.42 Å². The van der Waals surface area contributed by atoms with Gasteiger partial charge >= 0.3 is 0 Å². The molecule has 1 atom stereocenters. The first kappa shape index (κ1) is 14.7. The van der Waals surface area contributed by atoms with Gasteiger partial charge in [-0.2, -0.15) is 0 Å². The van der Waals surface area contributed by atoms with Crippen LogP contribution in [0.15, 0.2) is 30.3 Å². The maximum Gasteiger partial charge on any atom is 0.0233 e. The molecule has 1 aromatic carbocycles. The first-order valence-electron chi connectivity index (χ1n) is 4.93. The van der Waals surface area contributed by atoms with E-state index in [1.165, 1.54) is 5.56 Å². The zero-order valence-electron chi connectivity index (χ0n) is 8.61. The number of piperazine rings is 1. The van der Waals surface area contributed by atoms with E-state index in [0.717, 1.165) is 26.1 Å². The SMILES string of the molecule is Cl.Cl.c1ccc(C[C@@H]2CNCCN2)cc1. The van der Waals surface area contributed by atoms with E-state index in [1.54, 1.807) is 0 Å². The summed E-state index contributed by atoms with van der Waals surface area (Å²) in [6.07, 6.45) is 1.13. The van der Waals surface area contributed by atoms with E-state index < -0.39 is 0 Å². The second-order valence-electron chi connectivity index (χ2n) is 3.54. The fourth-order valence-corrected chi connectivity index (χ4v) is 1.76. The Labute approximate surface area is 104 Å². The third-order valence-corrected chi connectivity index (χ3v) is 2.45. The van der Waals surface area contributed by atoms with Gasteiger partial charge in [0.1, 0.15) is 0 Å². The van der Waals surface area contributed by atoms with Crippen molar-refractivity contribution in [1.82, 2.24) is 10.6 Å². The minimum absolute atomic E-state index is 0. The molecular weight excluding hydrogens is 231 g/mol. The van der Waals surface area contributed by atoms with Crippen LogP contribution >= 0.6 is 24.8 Å². The van der Waals surface area contributed by atoms with Crippen LogP contribution in [0.1, 0.15) is 5.56 Å². The maximum atomic E-state index is 3.51. The molecule has 0 aliphatic carbocycles. The smallest absolute Gasteiger partial charge is 0.0233 e. The van der Waals surface area contributed by atoms with Gasteiger partial charge in [0.05, 0.1) is 0 Å². The maximum absolute atomic E-state index is 3.51. The number of halogens is 2. The van der Waals surface area contributed by atoms with E-state index in [4.69, 9.17) is 0 Å². The van der Waals surface area contributed by atoms with Crippen LogP contribution in [-0.4, -0.2) is 25.7 Å². The molecule has 1 fully saturated rings. The van der Waals surface area contributed by atoms with Gasteiger partial charge in [-0.05, 0) is 12.0 Å². The lowest BCUT2D eigenvalue weighted by molar-refractivity contribution is 0.416. The van der Waals surface area contributed by atoms with Crippen LogP contribution < -0.4 is 10.6 Å². The predicted molar refractivity (Wildman–Crippen MR) is 69.3 cm³/mol. The molecule has 0 saturated carbocycles. The molecule has 2 nitrogen and oxygen atoms in total. The monoisotopic (exact) mass is 248 g/mol. The zero-order valence-corrected chi connectivity index (χ0v) is 10.2. The van der Waals surface area contributed by atoms with Crippen molar-refractivity contribution in [2.75, 3.05) is 19.6 Å². The van der Waals surface area contributed by atoms with E-state index in [-0.39, 0.29) is 24.8 Å². The summed E-state index contributed by atoms with van der Waals surface area (Å²) in [5.74, 6) is 0. The fourth-order valence-electron chi connectivity index (χ4n) is 1.76. The lowest BCUT2D eigenvalue weighted by atomic mass is 10.1. The van der Waals surface area contributed by atoms with Crippen molar-refractivity contribution in [2.45, 2.75) is 12.5 Å². The van der Waals surface area contributed by atoms with Crippen molar-refractivity contribution in [3.63, 3.8) is 0 Å². The molecule has 1 aromatic rings. The average molecular weight is 249 g/mol. The summed E-state index contributed by atoms with van der Waals surface area (Å²) in [6.45, 7) is 3.29. The van der Waals surface area contributed by atoms with Gasteiger partial charge in [0.15, 0.2) is 0 Å². The summed E-state index contributed by atoms with van der Waals surface area (Å²) in [5.41, 5.74) is 1.42. The topological polar surface area (TPSA) is 24.1 Å². The van der Waals surface area contributed by atoms with Crippen LogP contribution in [0.2, 0.25) is 0 Å². The molecule has 0 radical (unpaired) electrons. The summed E-state index contributed by atoms with van der Waals surface area (Å²) >= 11 is 0. The predicted octanol–water partition coefficient (Wildman–Crippen LogP) is 1.63. The van der Waals surface area contributed by atoms with Crippen molar-refractivity contribution in [2.24, 2.45) is 0 Å². The molecule has 0 amide bonds. The summed E-state index contributed by atoms with van der Waals surface area (Å²) in [7, 11) is 0. The molecule has 86 valence electrons. The minimum atomic E-state index is 0. The molecule has 0 unspecified atom stereocenters. The second kappa shape index (κ2) is 7.94. The molecule has 2 N–H and O–H groups in total. The first-order valence-corrected chi connectivity index (χ1v) is 4.93. The van der Waals surface area contributed by atoms with Crippen LogP contribution in [0.3, 0.4) is 0 Å². The Bertz CT molecular complexity index is 248. The third kappa shape index (κ3) is 4.85. The van der Waals surface area contributed by atoms with E-state index in [9.17, 15) is 0 Å². The Balaban J connectivity index is 0.000000980. The molecule has 1 aliphatic rings. The summed E-state index contributed by atoms with van der Waals surface area (Å²) in [6, 6.07) is 11.3. The summed E-state index contributed by atoms with van der Waals surface area (Å²) in [5, 5.41) is 6.90. The second-order valence-corrected chi connectivity index (χ2v) is 3.54. The van der Waals surface area contributed by atoms with Gasteiger partial charge in [-0.1, -0.05) is 30.3 Å². The molecule has 1 heterocycles. The highest BCUT2D eigenvalue weighted by molar-refractivity contribution is 5.85. The molecule has 4 heteroatoms. The molecule has 1 saturated heterocycles. The Kier molecular flexibility index (Phi) is 7.79. The van der Waals surface area contributed by atoms with E-state index in [0.29, 0.717) is 6.04 Å². The van der Waals surface area contributed by atoms with Crippen LogP contribution in [0.4, 0.5) is 0 Å². The standard InChI is InChI=1S/C11H16N2.2ClH/c1-2-4-10(5-3-1)8-11-9-12-6-7-13-11;;/h1-5,11-13H,6-9H2;2*1H/t11-;;/m1../s1. The van der Waals surface area contributed by atoms with Gasteiger partial charge in [0.2, 0.25) is 0 Å². The number of benzene rings is 1. The van der Waals surface area contributed by atoms with Gasteiger partial charge in [-0.15, -0.1) is 24.8 Å². The molecular formula is C11H18Cl2N2. The minimum Gasteiger partial charge on any atom is -0.314 e. The highest BCUT2D eigenvalue weighted by Gasteiger charge is 2.11. The first-order chi connectivity index (χ1) is 6.45. The lowest BCUT2D eigenvalue weighted by Crippen LogP contribution is -2.49. The van der Waals surface area contributed by atoms with Gasteiger partial charge in [-0.3, -0.25) is 0 Å². The lowest BCUT2D eigenvalue weighted by Gasteiger charge is -2.24. The average Bonchev–Trinajstić information content (AvgIpc) is 2.21. The van der Waals surface area contributed by atoms with E-state index in [2.05, 4.69) is 41.0 Å². The molecule has 1 aliphatic heterocycles. The van der Waals surface area contributed by atoms with Crippen molar-refractivity contribution < 1.29 is 0 Å². The Morgan fingerprint density at radius 3 is 2.40 bits per heavy atom. The van der Waals surface area contributed by atoms with Crippen LogP contribution in [0, 0.1) is 0 Å². The largest absolute Gasteiger partial charge is 0.314 e. The quantitative estimate of drug-likeness (QED) is 0.832. The summed E-state index contributed by atoms with van der Waals surface area (Å²) in [4.78, 5) is 0.